The topological polar surface area (TPSA) is 42.2 Å². The van der Waals surface area contributed by atoms with Crippen LogP contribution < -0.4 is 9.47 Å². The summed E-state index contributed by atoms with van der Waals surface area (Å²) in [5, 5.41) is 9.51. The Labute approximate surface area is 121 Å². The van der Waals surface area contributed by atoms with Gasteiger partial charge in [0.1, 0.15) is 11.5 Å². The first-order valence-electron chi connectivity index (χ1n) is 7.46. The van der Waals surface area contributed by atoms with Crippen molar-refractivity contribution in [1.82, 2.24) is 0 Å². The van der Waals surface area contributed by atoms with Gasteiger partial charge in [-0.05, 0) is 37.1 Å². The number of benzene rings is 1. The molecule has 0 saturated heterocycles. The van der Waals surface area contributed by atoms with E-state index in [1.165, 1.54) is 25.7 Å². The Bertz CT molecular complexity index is 439. The predicted molar refractivity (Wildman–Crippen MR) is 78.9 cm³/mol. The summed E-state index contributed by atoms with van der Waals surface area (Å²) in [6.07, 6.45) is 7.76. The zero-order valence-electron chi connectivity index (χ0n) is 12.2. The molecule has 1 aromatic rings. The summed E-state index contributed by atoms with van der Waals surface area (Å²) in [7, 11) is 1.65. The standard InChI is InChI=1S/C17H23NO2/c1-19-15-6-8-16(9-7-15)20-13-12-17(14-18)10-4-2-3-5-11-17/h6-9H,2-5,10-13H2,1H3. The van der Waals surface area contributed by atoms with Crippen LogP contribution in [0.3, 0.4) is 0 Å². The molecule has 1 aliphatic carbocycles. The first-order chi connectivity index (χ1) is 9.78. The molecular formula is C17H23NO2. The number of ether oxygens (including phenoxy) is 2. The molecule has 0 aliphatic heterocycles. The van der Waals surface area contributed by atoms with Crippen molar-refractivity contribution < 1.29 is 9.47 Å². The lowest BCUT2D eigenvalue weighted by Crippen LogP contribution is -2.21. The number of nitrogens with zero attached hydrogens (tertiary/aromatic N) is 1. The molecule has 0 unspecified atom stereocenters. The van der Waals surface area contributed by atoms with Crippen molar-refractivity contribution in [2.24, 2.45) is 5.41 Å². The van der Waals surface area contributed by atoms with Gasteiger partial charge in [-0.1, -0.05) is 25.7 Å². The second-order valence-corrected chi connectivity index (χ2v) is 5.58. The lowest BCUT2D eigenvalue weighted by atomic mass is 9.79. The van der Waals surface area contributed by atoms with E-state index in [-0.39, 0.29) is 5.41 Å². The van der Waals surface area contributed by atoms with Crippen LogP contribution in [0.25, 0.3) is 0 Å². The molecule has 0 heterocycles. The van der Waals surface area contributed by atoms with Crippen molar-refractivity contribution in [2.45, 2.75) is 44.9 Å². The lowest BCUT2D eigenvalue weighted by Gasteiger charge is -2.24. The molecule has 0 aromatic heterocycles. The van der Waals surface area contributed by atoms with Crippen molar-refractivity contribution in [1.29, 1.82) is 5.26 Å². The number of hydrogen-bond donors (Lipinski definition) is 0. The van der Waals surface area contributed by atoms with Crippen LogP contribution in [0.5, 0.6) is 11.5 Å². The molecule has 1 fully saturated rings. The van der Waals surface area contributed by atoms with Crippen molar-refractivity contribution in [2.75, 3.05) is 13.7 Å². The van der Waals surface area contributed by atoms with Gasteiger partial charge < -0.3 is 9.47 Å². The second-order valence-electron chi connectivity index (χ2n) is 5.58. The highest BCUT2D eigenvalue weighted by Crippen LogP contribution is 2.37. The molecule has 0 radical (unpaired) electrons. The van der Waals surface area contributed by atoms with Gasteiger partial charge in [-0.2, -0.15) is 5.26 Å². The maximum absolute atomic E-state index is 9.51. The molecule has 1 aromatic carbocycles. The molecule has 20 heavy (non-hydrogen) atoms. The summed E-state index contributed by atoms with van der Waals surface area (Å²) in [5.74, 6) is 1.67. The van der Waals surface area contributed by atoms with E-state index >= 15 is 0 Å². The molecule has 0 atom stereocenters. The molecule has 2 rings (SSSR count). The van der Waals surface area contributed by atoms with E-state index in [2.05, 4.69) is 6.07 Å². The van der Waals surface area contributed by atoms with Gasteiger partial charge in [-0.15, -0.1) is 0 Å². The molecule has 0 amide bonds. The van der Waals surface area contributed by atoms with Gasteiger partial charge in [0.05, 0.1) is 25.2 Å². The highest BCUT2D eigenvalue weighted by Gasteiger charge is 2.30. The maximum atomic E-state index is 9.51. The average Bonchev–Trinajstić information content (AvgIpc) is 2.74. The van der Waals surface area contributed by atoms with Crippen LogP contribution in [0, 0.1) is 16.7 Å². The fourth-order valence-electron chi connectivity index (χ4n) is 2.86. The van der Waals surface area contributed by atoms with Gasteiger partial charge in [0.15, 0.2) is 0 Å². The molecule has 0 spiro atoms. The van der Waals surface area contributed by atoms with Crippen LogP contribution in [0.4, 0.5) is 0 Å². The molecule has 0 bridgehead atoms. The molecule has 3 nitrogen and oxygen atoms in total. The van der Waals surface area contributed by atoms with Gasteiger partial charge in [0, 0.05) is 6.42 Å². The zero-order chi connectivity index (χ0) is 14.3. The summed E-state index contributed by atoms with van der Waals surface area (Å²) in [6.45, 7) is 0.611. The average molecular weight is 273 g/mol. The Kier molecular flexibility index (Phi) is 5.29. The number of rotatable bonds is 5. The predicted octanol–water partition coefficient (Wildman–Crippen LogP) is 4.33. The minimum absolute atomic E-state index is 0.164. The van der Waals surface area contributed by atoms with Gasteiger partial charge in [-0.25, -0.2) is 0 Å². The van der Waals surface area contributed by atoms with E-state index in [1.807, 2.05) is 24.3 Å². The second kappa shape index (κ2) is 7.19. The van der Waals surface area contributed by atoms with Gasteiger partial charge in [0.25, 0.3) is 0 Å². The fourth-order valence-corrected chi connectivity index (χ4v) is 2.86. The Morgan fingerprint density at radius 1 is 1.05 bits per heavy atom. The molecule has 0 N–H and O–H groups in total. The van der Waals surface area contributed by atoms with Crippen LogP contribution in [0.15, 0.2) is 24.3 Å². The monoisotopic (exact) mass is 273 g/mol. The minimum Gasteiger partial charge on any atom is -0.497 e. The first kappa shape index (κ1) is 14.7. The highest BCUT2D eigenvalue weighted by molar-refractivity contribution is 5.31. The Hall–Kier alpha value is -1.69. The normalized spacial score (nSPS) is 17.8. The maximum Gasteiger partial charge on any atom is 0.119 e. The third kappa shape index (κ3) is 3.90. The smallest absolute Gasteiger partial charge is 0.119 e. The fraction of sp³-hybridized carbons (Fsp3) is 0.588. The molecule has 1 aliphatic rings. The summed E-state index contributed by atoms with van der Waals surface area (Å²) >= 11 is 0. The van der Waals surface area contributed by atoms with E-state index in [1.54, 1.807) is 7.11 Å². The van der Waals surface area contributed by atoms with Crippen LogP contribution in [0.2, 0.25) is 0 Å². The zero-order valence-corrected chi connectivity index (χ0v) is 12.2. The van der Waals surface area contributed by atoms with Crippen molar-refractivity contribution in [3.05, 3.63) is 24.3 Å². The quantitative estimate of drug-likeness (QED) is 0.750. The van der Waals surface area contributed by atoms with Gasteiger partial charge in [-0.3, -0.25) is 0 Å². The third-order valence-electron chi connectivity index (χ3n) is 4.21. The van der Waals surface area contributed by atoms with E-state index in [0.29, 0.717) is 6.61 Å². The third-order valence-corrected chi connectivity index (χ3v) is 4.21. The molecule has 3 heteroatoms. The molecule has 108 valence electrons. The SMILES string of the molecule is COc1ccc(OCCC2(C#N)CCCCCC2)cc1. The number of methoxy groups -OCH3 is 1. The van der Waals surface area contributed by atoms with Crippen LogP contribution in [0.1, 0.15) is 44.9 Å². The van der Waals surface area contributed by atoms with Crippen LogP contribution >= 0.6 is 0 Å². The van der Waals surface area contributed by atoms with Gasteiger partial charge in [0.2, 0.25) is 0 Å². The van der Waals surface area contributed by atoms with E-state index < -0.39 is 0 Å². The minimum atomic E-state index is -0.164. The summed E-state index contributed by atoms with van der Waals surface area (Å²) in [4.78, 5) is 0. The molecular weight excluding hydrogens is 250 g/mol. The van der Waals surface area contributed by atoms with Crippen molar-refractivity contribution in [3.63, 3.8) is 0 Å². The Morgan fingerprint density at radius 3 is 2.20 bits per heavy atom. The summed E-state index contributed by atoms with van der Waals surface area (Å²) < 4.78 is 10.9. The number of nitriles is 1. The lowest BCUT2D eigenvalue weighted by molar-refractivity contribution is 0.223. The van der Waals surface area contributed by atoms with Crippen molar-refractivity contribution in [3.8, 4) is 17.6 Å². The Morgan fingerprint density at radius 2 is 1.65 bits per heavy atom. The van der Waals surface area contributed by atoms with E-state index in [4.69, 9.17) is 9.47 Å². The number of hydrogen-bond acceptors (Lipinski definition) is 3. The Balaban J connectivity index is 1.85. The first-order valence-corrected chi connectivity index (χ1v) is 7.46. The van der Waals surface area contributed by atoms with Crippen molar-refractivity contribution >= 4 is 0 Å². The van der Waals surface area contributed by atoms with E-state index in [9.17, 15) is 5.26 Å². The molecule has 1 saturated carbocycles. The van der Waals surface area contributed by atoms with Gasteiger partial charge >= 0.3 is 0 Å². The van der Waals surface area contributed by atoms with Crippen LogP contribution in [-0.2, 0) is 0 Å². The summed E-state index contributed by atoms with van der Waals surface area (Å²) in [6, 6.07) is 10.2. The van der Waals surface area contributed by atoms with E-state index in [0.717, 1.165) is 30.8 Å². The highest BCUT2D eigenvalue weighted by atomic mass is 16.5. The largest absolute Gasteiger partial charge is 0.497 e. The summed E-state index contributed by atoms with van der Waals surface area (Å²) in [5.41, 5.74) is -0.164. The van der Waals surface area contributed by atoms with Crippen LogP contribution in [-0.4, -0.2) is 13.7 Å².